The zero-order valence-corrected chi connectivity index (χ0v) is 33.8. The summed E-state index contributed by atoms with van der Waals surface area (Å²) in [5, 5.41) is 8.29. The van der Waals surface area contributed by atoms with Crippen molar-refractivity contribution in [3.63, 3.8) is 0 Å². The Morgan fingerprint density at radius 2 is 1.00 bits per heavy atom. The second-order valence-electron chi connectivity index (χ2n) is 15.5. The SMILES string of the molecule is c1ccc(-c2nc3ccc4oc5cc(-c6ccc(N(c7ccc(-c8cc9ccccc9c9ccccc89)cc7)c7ccccc7-c7ccccc7)cc6)ccc5c4c3s2)cc1. The molecule has 12 rings (SSSR count). The van der Waals surface area contributed by atoms with Crippen molar-refractivity contribution in [3.8, 4) is 44.0 Å². The van der Waals surface area contributed by atoms with E-state index in [1.807, 2.05) is 6.07 Å². The van der Waals surface area contributed by atoms with E-state index in [2.05, 4.69) is 217 Å². The topological polar surface area (TPSA) is 29.3 Å². The van der Waals surface area contributed by atoms with Crippen LogP contribution in [0.3, 0.4) is 0 Å². The molecule has 0 aliphatic heterocycles. The standard InChI is InChI=1S/C57H36N2OS/c1-3-13-38(14-4-1)46-19-11-12-22-52(46)59(44-30-25-39(26-31-44)50-35-42-17-7-8-18-45(42)47-20-9-10-21-48(47)50)43-28-23-37(24-29-43)41-27-32-49-54(36-41)60-53-34-33-51-56(55(49)53)61-57(58-51)40-15-5-2-6-16-40/h1-36H. The van der Waals surface area contributed by atoms with Gasteiger partial charge in [0.05, 0.1) is 15.9 Å². The van der Waals surface area contributed by atoms with Gasteiger partial charge in [-0.1, -0.05) is 158 Å². The Kier molecular flexibility index (Phi) is 8.36. The minimum atomic E-state index is 0.872. The molecule has 10 aromatic carbocycles. The Bertz CT molecular complexity index is 3570. The molecule has 2 aromatic heterocycles. The molecule has 0 aliphatic rings. The molecule has 0 amide bonds. The molecule has 0 aliphatic carbocycles. The number of para-hydroxylation sites is 1. The second-order valence-corrected chi connectivity index (χ2v) is 16.5. The van der Waals surface area contributed by atoms with E-state index in [0.717, 1.165) is 76.5 Å². The van der Waals surface area contributed by atoms with Crippen LogP contribution in [0.5, 0.6) is 0 Å². The van der Waals surface area contributed by atoms with Gasteiger partial charge in [-0.25, -0.2) is 4.98 Å². The third-order valence-electron chi connectivity index (χ3n) is 11.9. The first kappa shape index (κ1) is 35.2. The van der Waals surface area contributed by atoms with E-state index in [1.165, 1.54) is 38.2 Å². The quantitative estimate of drug-likeness (QED) is 0.150. The molecular formula is C57H36N2OS. The first-order valence-electron chi connectivity index (χ1n) is 20.6. The van der Waals surface area contributed by atoms with Gasteiger partial charge in [0.15, 0.2) is 0 Å². The summed E-state index contributed by atoms with van der Waals surface area (Å²) in [6, 6.07) is 78.2. The molecule has 12 aromatic rings. The number of nitrogens with zero attached hydrogens (tertiary/aromatic N) is 2. The number of furan rings is 1. The van der Waals surface area contributed by atoms with Crippen molar-refractivity contribution in [1.29, 1.82) is 0 Å². The highest BCUT2D eigenvalue weighted by Gasteiger charge is 2.19. The summed E-state index contributed by atoms with van der Waals surface area (Å²) < 4.78 is 7.68. The van der Waals surface area contributed by atoms with Gasteiger partial charge in [0.2, 0.25) is 0 Å². The van der Waals surface area contributed by atoms with Crippen LogP contribution in [0.1, 0.15) is 0 Å². The molecular weight excluding hydrogens is 761 g/mol. The van der Waals surface area contributed by atoms with Crippen molar-refractivity contribution < 1.29 is 4.42 Å². The monoisotopic (exact) mass is 796 g/mol. The average Bonchev–Trinajstić information content (AvgIpc) is 3.94. The highest BCUT2D eigenvalue weighted by Crippen LogP contribution is 2.44. The molecule has 0 fully saturated rings. The molecule has 61 heavy (non-hydrogen) atoms. The fraction of sp³-hybridized carbons (Fsp3) is 0. The average molecular weight is 797 g/mol. The maximum Gasteiger partial charge on any atom is 0.137 e. The Balaban J connectivity index is 0.940. The first-order chi connectivity index (χ1) is 30.2. The lowest BCUT2D eigenvalue weighted by Crippen LogP contribution is -2.11. The molecule has 2 heterocycles. The van der Waals surface area contributed by atoms with E-state index in [-0.39, 0.29) is 0 Å². The van der Waals surface area contributed by atoms with Crippen LogP contribution in [0.15, 0.2) is 223 Å². The maximum absolute atomic E-state index is 6.53. The number of thiazole rings is 1. The maximum atomic E-state index is 6.53. The highest BCUT2D eigenvalue weighted by molar-refractivity contribution is 7.22. The summed E-state index contributed by atoms with van der Waals surface area (Å²) in [6.45, 7) is 0. The van der Waals surface area contributed by atoms with Crippen molar-refractivity contribution in [2.24, 2.45) is 0 Å². The van der Waals surface area contributed by atoms with Gasteiger partial charge in [0.25, 0.3) is 0 Å². The summed E-state index contributed by atoms with van der Waals surface area (Å²) in [5.74, 6) is 0. The third-order valence-corrected chi connectivity index (χ3v) is 13.0. The van der Waals surface area contributed by atoms with E-state index in [1.54, 1.807) is 11.3 Å². The van der Waals surface area contributed by atoms with Crippen LogP contribution in [-0.2, 0) is 0 Å². The number of hydrogen-bond acceptors (Lipinski definition) is 4. The molecule has 0 unspecified atom stereocenters. The van der Waals surface area contributed by atoms with Gasteiger partial charge in [-0.15, -0.1) is 11.3 Å². The van der Waals surface area contributed by atoms with Crippen LogP contribution >= 0.6 is 11.3 Å². The Labute approximate surface area is 357 Å². The van der Waals surface area contributed by atoms with Gasteiger partial charge in [0, 0.05) is 33.3 Å². The van der Waals surface area contributed by atoms with Crippen LogP contribution in [-0.4, -0.2) is 4.98 Å². The number of fused-ring (bicyclic) bond motifs is 8. The first-order valence-corrected chi connectivity index (χ1v) is 21.4. The molecule has 0 saturated heterocycles. The minimum Gasteiger partial charge on any atom is -0.456 e. The molecule has 0 bridgehead atoms. The number of rotatable bonds is 7. The van der Waals surface area contributed by atoms with E-state index < -0.39 is 0 Å². The Morgan fingerprint density at radius 3 is 1.77 bits per heavy atom. The predicted octanol–water partition coefficient (Wildman–Crippen LogP) is 16.6. The predicted molar refractivity (Wildman–Crippen MR) is 258 cm³/mol. The fourth-order valence-electron chi connectivity index (χ4n) is 8.97. The largest absolute Gasteiger partial charge is 0.456 e. The van der Waals surface area contributed by atoms with Gasteiger partial charge in [-0.3, -0.25) is 0 Å². The number of benzene rings is 10. The normalized spacial score (nSPS) is 11.6. The summed E-state index contributed by atoms with van der Waals surface area (Å²) >= 11 is 1.72. The van der Waals surface area contributed by atoms with Gasteiger partial charge < -0.3 is 9.32 Å². The zero-order valence-electron chi connectivity index (χ0n) is 33.0. The van der Waals surface area contributed by atoms with Gasteiger partial charge >= 0.3 is 0 Å². The van der Waals surface area contributed by atoms with Crippen LogP contribution in [0.25, 0.3) is 97.7 Å². The van der Waals surface area contributed by atoms with Gasteiger partial charge in [0.1, 0.15) is 16.2 Å². The van der Waals surface area contributed by atoms with Crippen LogP contribution in [0.2, 0.25) is 0 Å². The smallest absolute Gasteiger partial charge is 0.137 e. The van der Waals surface area contributed by atoms with E-state index in [4.69, 9.17) is 9.40 Å². The van der Waals surface area contributed by atoms with E-state index in [9.17, 15) is 0 Å². The van der Waals surface area contributed by atoms with Crippen molar-refractivity contribution in [1.82, 2.24) is 4.98 Å². The molecule has 0 spiro atoms. The van der Waals surface area contributed by atoms with Gasteiger partial charge in [-0.05, 0) is 110 Å². The summed E-state index contributed by atoms with van der Waals surface area (Å²) in [6.07, 6.45) is 0. The molecule has 0 radical (unpaired) electrons. The number of aromatic nitrogens is 1. The lowest BCUT2D eigenvalue weighted by Gasteiger charge is -2.28. The Hall–Kier alpha value is -7.79. The minimum absolute atomic E-state index is 0.872. The fourth-order valence-corrected chi connectivity index (χ4v) is 10.1. The zero-order chi connectivity index (χ0) is 40.3. The van der Waals surface area contributed by atoms with Crippen LogP contribution < -0.4 is 4.90 Å². The number of anilines is 3. The molecule has 3 nitrogen and oxygen atoms in total. The second kappa shape index (κ2) is 14.5. The number of hydrogen-bond donors (Lipinski definition) is 0. The van der Waals surface area contributed by atoms with Crippen LogP contribution in [0.4, 0.5) is 17.1 Å². The molecule has 286 valence electrons. The highest BCUT2D eigenvalue weighted by atomic mass is 32.1. The molecule has 4 heteroatoms. The van der Waals surface area contributed by atoms with E-state index >= 15 is 0 Å². The summed E-state index contributed by atoms with van der Waals surface area (Å²) in [5.41, 5.74) is 14.1. The van der Waals surface area contributed by atoms with Crippen LogP contribution in [0, 0.1) is 0 Å². The van der Waals surface area contributed by atoms with E-state index in [0.29, 0.717) is 0 Å². The summed E-state index contributed by atoms with van der Waals surface area (Å²) in [7, 11) is 0. The molecule has 0 N–H and O–H groups in total. The van der Waals surface area contributed by atoms with Crippen molar-refractivity contribution >= 4 is 82.1 Å². The lowest BCUT2D eigenvalue weighted by atomic mass is 9.93. The van der Waals surface area contributed by atoms with Crippen molar-refractivity contribution in [2.45, 2.75) is 0 Å². The Morgan fingerprint density at radius 1 is 0.393 bits per heavy atom. The molecule has 0 atom stereocenters. The van der Waals surface area contributed by atoms with Crippen molar-refractivity contribution in [3.05, 3.63) is 218 Å². The molecule has 0 saturated carbocycles. The van der Waals surface area contributed by atoms with Crippen molar-refractivity contribution in [2.75, 3.05) is 4.90 Å². The van der Waals surface area contributed by atoms with Gasteiger partial charge in [-0.2, -0.15) is 0 Å². The third kappa shape index (κ3) is 6.07. The summed E-state index contributed by atoms with van der Waals surface area (Å²) in [4.78, 5) is 7.36. The lowest BCUT2D eigenvalue weighted by molar-refractivity contribution is 0.669.